The van der Waals surface area contributed by atoms with Gasteiger partial charge in [0.25, 0.3) is 15.9 Å². The van der Waals surface area contributed by atoms with Crippen LogP contribution in [-0.4, -0.2) is 48.6 Å². The number of carbonyl (C=O) groups is 2. The van der Waals surface area contributed by atoms with E-state index >= 15 is 0 Å². The number of pyridine rings is 1. The minimum atomic E-state index is -5.63. The Bertz CT molecular complexity index is 1800. The zero-order chi connectivity index (χ0) is 32.9. The molecule has 0 radical (unpaired) electrons. The van der Waals surface area contributed by atoms with Crippen LogP contribution in [-0.2, 0) is 24.4 Å². The lowest BCUT2D eigenvalue weighted by Gasteiger charge is -2.27. The highest BCUT2D eigenvalue weighted by Crippen LogP contribution is 2.35. The van der Waals surface area contributed by atoms with Crippen LogP contribution in [0.25, 0.3) is 10.8 Å². The Morgan fingerprint density at radius 1 is 1.00 bits per heavy atom. The molecule has 1 amide bonds. The van der Waals surface area contributed by atoms with Crippen LogP contribution in [0.3, 0.4) is 0 Å². The number of nitrogens with two attached hydrogens (primary N) is 1. The van der Waals surface area contributed by atoms with E-state index in [2.05, 4.69) is 15.1 Å². The van der Waals surface area contributed by atoms with Gasteiger partial charge in [-0.3, -0.25) is 4.79 Å². The maximum atomic E-state index is 14.1. The zero-order valence-electron chi connectivity index (χ0n) is 24.2. The van der Waals surface area contributed by atoms with E-state index in [0.29, 0.717) is 16.5 Å². The Kier molecular flexibility index (Phi) is 9.71. The SMILES string of the molecule is CCOc1cc(C(Nc2ccc3c(N)nccc3c2)C(=O)N(OC(=O)C(F)(F)F)S(=O)(=O)c2ccccc2)ccc1OC(C)C. The number of ether oxygens (including phenoxy) is 2. The van der Waals surface area contributed by atoms with Gasteiger partial charge in [-0.1, -0.05) is 28.7 Å². The summed E-state index contributed by atoms with van der Waals surface area (Å²) in [6.07, 6.45) is -4.44. The summed E-state index contributed by atoms with van der Waals surface area (Å²) in [6, 6.07) is 14.9. The van der Waals surface area contributed by atoms with Crippen molar-refractivity contribution in [3.8, 4) is 11.5 Å². The summed E-state index contributed by atoms with van der Waals surface area (Å²) in [6.45, 7) is 5.44. The first-order chi connectivity index (χ1) is 21.2. The van der Waals surface area contributed by atoms with E-state index in [1.807, 2.05) is 0 Å². The second-order valence-electron chi connectivity index (χ2n) is 9.78. The maximum absolute atomic E-state index is 14.1. The van der Waals surface area contributed by atoms with Gasteiger partial charge in [0.1, 0.15) is 11.9 Å². The number of hydrogen-bond acceptors (Lipinski definition) is 10. The highest BCUT2D eigenvalue weighted by Gasteiger charge is 2.47. The number of rotatable bonds is 10. The molecule has 0 fully saturated rings. The lowest BCUT2D eigenvalue weighted by atomic mass is 10.0. The van der Waals surface area contributed by atoms with Gasteiger partial charge in [-0.05, 0) is 80.3 Å². The molecule has 3 aromatic carbocycles. The molecule has 0 saturated carbocycles. The van der Waals surface area contributed by atoms with E-state index in [9.17, 15) is 31.2 Å². The Balaban J connectivity index is 1.88. The molecule has 0 aliphatic carbocycles. The predicted molar refractivity (Wildman–Crippen MR) is 159 cm³/mol. The fraction of sp³-hybridized carbons (Fsp3) is 0.233. The number of halogens is 3. The van der Waals surface area contributed by atoms with Gasteiger partial charge in [0.15, 0.2) is 11.5 Å². The molecule has 0 aliphatic rings. The third-order valence-corrected chi connectivity index (χ3v) is 7.71. The topological polar surface area (TPSA) is 150 Å². The zero-order valence-corrected chi connectivity index (χ0v) is 25.1. The summed E-state index contributed by atoms with van der Waals surface area (Å²) in [7, 11) is -5.17. The number of carbonyl (C=O) groups excluding carboxylic acids is 2. The second kappa shape index (κ2) is 13.3. The number of anilines is 2. The summed E-state index contributed by atoms with van der Waals surface area (Å²) in [5, 5.41) is 4.03. The predicted octanol–water partition coefficient (Wildman–Crippen LogP) is 5.39. The Morgan fingerprint density at radius 3 is 2.36 bits per heavy atom. The molecule has 1 aromatic heterocycles. The Hall–Kier alpha value is -5.05. The molecular formula is C30H29F3N4O7S. The first-order valence-electron chi connectivity index (χ1n) is 13.5. The summed E-state index contributed by atoms with van der Waals surface area (Å²) < 4.78 is 78.0. The number of alkyl halides is 3. The first kappa shape index (κ1) is 32.9. The molecule has 1 heterocycles. The fourth-order valence-corrected chi connectivity index (χ4v) is 5.40. The van der Waals surface area contributed by atoms with Crippen molar-refractivity contribution in [1.29, 1.82) is 0 Å². The van der Waals surface area contributed by atoms with Gasteiger partial charge in [0.05, 0.1) is 17.6 Å². The molecule has 4 rings (SSSR count). The third-order valence-electron chi connectivity index (χ3n) is 6.15. The quantitative estimate of drug-likeness (QED) is 0.215. The molecule has 0 saturated heterocycles. The molecule has 15 heteroatoms. The van der Waals surface area contributed by atoms with E-state index < -0.39 is 43.5 Å². The van der Waals surface area contributed by atoms with Crippen LogP contribution >= 0.6 is 0 Å². The number of nitrogen functional groups attached to an aromatic ring is 1. The molecule has 238 valence electrons. The van der Waals surface area contributed by atoms with Crippen molar-refractivity contribution < 1.29 is 45.5 Å². The fourth-order valence-electron chi connectivity index (χ4n) is 4.20. The second-order valence-corrected chi connectivity index (χ2v) is 11.5. The van der Waals surface area contributed by atoms with Gasteiger partial charge in [0, 0.05) is 17.3 Å². The lowest BCUT2D eigenvalue weighted by molar-refractivity contribution is -0.223. The van der Waals surface area contributed by atoms with Gasteiger partial charge in [-0.15, -0.1) is 0 Å². The van der Waals surface area contributed by atoms with Gasteiger partial charge < -0.3 is 25.4 Å². The van der Waals surface area contributed by atoms with Crippen LogP contribution in [0.4, 0.5) is 24.7 Å². The van der Waals surface area contributed by atoms with Gasteiger partial charge in [0.2, 0.25) is 0 Å². The number of sulfonamides is 1. The summed E-state index contributed by atoms with van der Waals surface area (Å²) in [5.74, 6) is -3.78. The largest absolute Gasteiger partial charge is 0.493 e. The van der Waals surface area contributed by atoms with Crippen LogP contribution in [0, 0.1) is 0 Å². The smallest absolute Gasteiger partial charge is 0.490 e. The van der Waals surface area contributed by atoms with Crippen LogP contribution in [0.15, 0.2) is 83.9 Å². The van der Waals surface area contributed by atoms with Crippen LogP contribution in [0.2, 0.25) is 0 Å². The number of hydroxylamine groups is 1. The monoisotopic (exact) mass is 646 g/mol. The summed E-state index contributed by atoms with van der Waals surface area (Å²) >= 11 is 0. The van der Waals surface area contributed by atoms with Crippen molar-refractivity contribution in [2.24, 2.45) is 0 Å². The molecule has 45 heavy (non-hydrogen) atoms. The van der Waals surface area contributed by atoms with Gasteiger partial charge in [-0.25, -0.2) is 9.78 Å². The van der Waals surface area contributed by atoms with E-state index in [1.54, 1.807) is 39.0 Å². The lowest BCUT2D eigenvalue weighted by Crippen LogP contribution is -2.45. The summed E-state index contributed by atoms with van der Waals surface area (Å²) in [4.78, 5) is 33.8. The Labute approximate surface area is 256 Å². The number of fused-ring (bicyclic) bond motifs is 1. The van der Waals surface area contributed by atoms with Crippen LogP contribution in [0.1, 0.15) is 32.4 Å². The standard InChI is InChI=1S/C30H29F3N4O7S/c1-4-42-25-17-20(10-13-24(25)43-18(2)3)26(36-21-11-12-23-19(16-21)14-15-35-27(23)34)28(38)37(44-29(39)30(31,32)33)45(40,41)22-8-6-5-7-9-22/h5-18,26,36H,4H2,1-3H3,(H2,34,35). The minimum absolute atomic E-state index is 0.0465. The number of nitrogens with zero attached hydrogens (tertiary/aromatic N) is 2. The number of nitrogens with one attached hydrogen (secondary N) is 1. The van der Waals surface area contributed by atoms with Crippen molar-refractivity contribution >= 4 is 44.2 Å². The van der Waals surface area contributed by atoms with Crippen molar-refractivity contribution in [2.45, 2.75) is 44.0 Å². The van der Waals surface area contributed by atoms with Gasteiger partial charge >= 0.3 is 12.1 Å². The van der Waals surface area contributed by atoms with Crippen LogP contribution in [0.5, 0.6) is 11.5 Å². The highest BCUT2D eigenvalue weighted by atomic mass is 32.2. The average molecular weight is 647 g/mol. The van der Waals surface area contributed by atoms with Gasteiger partial charge in [-0.2, -0.15) is 21.6 Å². The van der Waals surface area contributed by atoms with Crippen molar-refractivity contribution in [3.05, 3.63) is 84.6 Å². The molecular weight excluding hydrogens is 617 g/mol. The maximum Gasteiger partial charge on any atom is 0.493 e. The van der Waals surface area contributed by atoms with E-state index in [1.165, 1.54) is 48.7 Å². The third kappa shape index (κ3) is 7.55. The summed E-state index contributed by atoms with van der Waals surface area (Å²) in [5.41, 5.74) is 6.23. The van der Waals surface area contributed by atoms with Crippen LogP contribution < -0.4 is 20.5 Å². The molecule has 1 unspecified atom stereocenters. The number of aromatic nitrogens is 1. The molecule has 3 N–H and O–H groups in total. The molecule has 4 aromatic rings. The van der Waals surface area contributed by atoms with E-state index in [0.717, 1.165) is 12.1 Å². The molecule has 0 aliphatic heterocycles. The number of benzene rings is 3. The van der Waals surface area contributed by atoms with Crippen molar-refractivity contribution in [2.75, 3.05) is 17.7 Å². The minimum Gasteiger partial charge on any atom is -0.490 e. The molecule has 1 atom stereocenters. The number of hydrogen-bond donors (Lipinski definition) is 2. The van der Waals surface area contributed by atoms with Crippen molar-refractivity contribution in [3.63, 3.8) is 0 Å². The van der Waals surface area contributed by atoms with Crippen molar-refractivity contribution in [1.82, 2.24) is 9.45 Å². The average Bonchev–Trinajstić information content (AvgIpc) is 2.99. The van der Waals surface area contributed by atoms with E-state index in [-0.39, 0.29) is 35.5 Å². The highest BCUT2D eigenvalue weighted by molar-refractivity contribution is 7.89. The molecule has 11 nitrogen and oxygen atoms in total. The first-order valence-corrected chi connectivity index (χ1v) is 14.9. The Morgan fingerprint density at radius 2 is 1.71 bits per heavy atom. The normalized spacial score (nSPS) is 12.4. The molecule has 0 bridgehead atoms. The van der Waals surface area contributed by atoms with E-state index in [4.69, 9.17) is 15.2 Å². The number of amides is 1. The molecule has 0 spiro atoms.